The zero-order valence-corrected chi connectivity index (χ0v) is 17.4. The molecule has 2 heterocycles. The molecule has 1 saturated carbocycles. The zero-order valence-electron chi connectivity index (χ0n) is 15.8. The molecule has 1 saturated heterocycles. The lowest BCUT2D eigenvalue weighted by Gasteiger charge is -2.21. The Balaban J connectivity index is 1.28. The zero-order chi connectivity index (χ0) is 19.7. The number of rotatable bonds is 6. The number of anilines is 2. The fraction of sp³-hybridized carbons (Fsp3) is 0.429. The number of nitrogens with one attached hydrogen (secondary N) is 2. The number of nitrogens with zero attached hydrogens (tertiary/aromatic N) is 1. The first-order valence-corrected chi connectivity index (χ1v) is 10.9. The number of halogens is 1. The molecule has 2 aliphatic rings. The molecule has 1 unspecified atom stereocenters. The van der Waals surface area contributed by atoms with E-state index in [9.17, 15) is 9.59 Å². The molecule has 2 amide bonds. The summed E-state index contributed by atoms with van der Waals surface area (Å²) < 4.78 is 0. The van der Waals surface area contributed by atoms with Gasteiger partial charge in [0.25, 0.3) is 5.91 Å². The minimum absolute atomic E-state index is 0.0659. The van der Waals surface area contributed by atoms with Gasteiger partial charge in [0.05, 0.1) is 9.88 Å². The van der Waals surface area contributed by atoms with Crippen molar-refractivity contribution >= 4 is 45.4 Å². The molecule has 1 atom stereocenters. The Kier molecular flexibility index (Phi) is 5.60. The maximum absolute atomic E-state index is 12.5. The van der Waals surface area contributed by atoms with E-state index in [0.717, 1.165) is 42.4 Å². The van der Waals surface area contributed by atoms with E-state index in [4.69, 9.17) is 11.6 Å². The standard InChI is InChI=1S/C21H24ClN3O2S/c1-13-2-5-16(22)10-17(13)25-9-8-14(12-25)11-23-21(27)18-6-7-19(28-18)24-20(26)15-3-4-15/h2,5-7,10,14-15H,3-4,8-9,11-12H2,1H3,(H,23,27)(H,24,26). The number of thiophene rings is 1. The molecule has 2 N–H and O–H groups in total. The molecule has 0 spiro atoms. The van der Waals surface area contributed by atoms with Gasteiger partial charge in [0.2, 0.25) is 5.91 Å². The fourth-order valence-corrected chi connectivity index (χ4v) is 4.55. The summed E-state index contributed by atoms with van der Waals surface area (Å²) in [5.41, 5.74) is 2.39. The maximum Gasteiger partial charge on any atom is 0.261 e. The highest BCUT2D eigenvalue weighted by atomic mass is 35.5. The molecule has 2 fully saturated rings. The molecular weight excluding hydrogens is 394 g/mol. The lowest BCUT2D eigenvalue weighted by Crippen LogP contribution is -2.30. The van der Waals surface area contributed by atoms with Crippen molar-refractivity contribution < 1.29 is 9.59 Å². The summed E-state index contributed by atoms with van der Waals surface area (Å²) in [5.74, 6) is 0.564. The lowest BCUT2D eigenvalue weighted by atomic mass is 10.1. The molecule has 4 rings (SSSR count). The number of aryl methyl sites for hydroxylation is 1. The van der Waals surface area contributed by atoms with Gasteiger partial charge >= 0.3 is 0 Å². The van der Waals surface area contributed by atoms with Crippen molar-refractivity contribution in [3.8, 4) is 0 Å². The van der Waals surface area contributed by atoms with Crippen LogP contribution in [0.3, 0.4) is 0 Å². The van der Waals surface area contributed by atoms with Crippen molar-refractivity contribution in [3.05, 3.63) is 45.8 Å². The van der Waals surface area contributed by atoms with Crippen LogP contribution in [0.25, 0.3) is 0 Å². The van der Waals surface area contributed by atoms with Crippen molar-refractivity contribution in [2.45, 2.75) is 26.2 Å². The molecule has 28 heavy (non-hydrogen) atoms. The van der Waals surface area contributed by atoms with Crippen LogP contribution in [0.15, 0.2) is 30.3 Å². The Hall–Kier alpha value is -2.05. The summed E-state index contributed by atoms with van der Waals surface area (Å²) in [6.07, 6.45) is 2.98. The van der Waals surface area contributed by atoms with Gasteiger partial charge in [0, 0.05) is 36.3 Å². The predicted molar refractivity (Wildman–Crippen MR) is 115 cm³/mol. The van der Waals surface area contributed by atoms with Crippen LogP contribution in [0.2, 0.25) is 5.02 Å². The Labute approximate surface area is 174 Å². The van der Waals surface area contributed by atoms with Crippen LogP contribution < -0.4 is 15.5 Å². The summed E-state index contributed by atoms with van der Waals surface area (Å²) in [6, 6.07) is 9.55. The summed E-state index contributed by atoms with van der Waals surface area (Å²) in [4.78, 5) is 27.3. The quantitative estimate of drug-likeness (QED) is 0.736. The van der Waals surface area contributed by atoms with Crippen LogP contribution in [0.4, 0.5) is 10.7 Å². The molecule has 2 aromatic rings. The second-order valence-electron chi connectivity index (χ2n) is 7.67. The van der Waals surface area contributed by atoms with Crippen molar-refractivity contribution in [3.63, 3.8) is 0 Å². The summed E-state index contributed by atoms with van der Waals surface area (Å²) in [5, 5.41) is 7.43. The van der Waals surface area contributed by atoms with Gasteiger partial charge < -0.3 is 15.5 Å². The first-order valence-electron chi connectivity index (χ1n) is 9.69. The maximum atomic E-state index is 12.5. The molecule has 1 aromatic heterocycles. The Morgan fingerprint density at radius 2 is 2.04 bits per heavy atom. The average molecular weight is 418 g/mol. The van der Waals surface area contributed by atoms with Gasteiger partial charge in [-0.15, -0.1) is 11.3 Å². The molecule has 1 aliphatic heterocycles. The predicted octanol–water partition coefficient (Wildman–Crippen LogP) is 4.31. The first kappa shape index (κ1) is 19.3. The number of hydrogen-bond donors (Lipinski definition) is 2. The number of carbonyl (C=O) groups is 2. The lowest BCUT2D eigenvalue weighted by molar-refractivity contribution is -0.117. The molecule has 5 nitrogen and oxygen atoms in total. The molecule has 1 aliphatic carbocycles. The highest BCUT2D eigenvalue weighted by Crippen LogP contribution is 2.32. The van der Waals surface area contributed by atoms with Crippen molar-refractivity contribution in [1.29, 1.82) is 0 Å². The molecule has 148 valence electrons. The van der Waals surface area contributed by atoms with Crippen LogP contribution in [0.1, 0.15) is 34.5 Å². The van der Waals surface area contributed by atoms with E-state index in [0.29, 0.717) is 17.3 Å². The van der Waals surface area contributed by atoms with Crippen LogP contribution in [0.5, 0.6) is 0 Å². The number of hydrogen-bond acceptors (Lipinski definition) is 4. The van der Waals surface area contributed by atoms with Gasteiger partial charge in [-0.2, -0.15) is 0 Å². The topological polar surface area (TPSA) is 61.4 Å². The van der Waals surface area contributed by atoms with Gasteiger partial charge in [-0.3, -0.25) is 9.59 Å². The smallest absolute Gasteiger partial charge is 0.261 e. The van der Waals surface area contributed by atoms with E-state index in [1.165, 1.54) is 22.6 Å². The minimum atomic E-state index is -0.0747. The Morgan fingerprint density at radius 3 is 2.82 bits per heavy atom. The van der Waals surface area contributed by atoms with Gasteiger partial charge in [0.15, 0.2) is 0 Å². The summed E-state index contributed by atoms with van der Waals surface area (Å²) in [6.45, 7) is 4.63. The largest absolute Gasteiger partial charge is 0.371 e. The van der Waals surface area contributed by atoms with E-state index in [1.807, 2.05) is 18.2 Å². The van der Waals surface area contributed by atoms with Crippen LogP contribution >= 0.6 is 22.9 Å². The van der Waals surface area contributed by atoms with E-state index < -0.39 is 0 Å². The number of amides is 2. The normalized spacial score (nSPS) is 18.9. The third-order valence-corrected chi connectivity index (χ3v) is 6.61. The highest BCUT2D eigenvalue weighted by molar-refractivity contribution is 7.18. The van der Waals surface area contributed by atoms with Gasteiger partial charge in [0.1, 0.15) is 0 Å². The minimum Gasteiger partial charge on any atom is -0.371 e. The highest BCUT2D eigenvalue weighted by Gasteiger charge is 2.30. The molecule has 0 bridgehead atoms. The van der Waals surface area contributed by atoms with Gasteiger partial charge in [-0.25, -0.2) is 0 Å². The second kappa shape index (κ2) is 8.13. The number of carbonyl (C=O) groups excluding carboxylic acids is 2. The molecule has 0 radical (unpaired) electrons. The van der Waals surface area contributed by atoms with Crippen molar-refractivity contribution in [2.24, 2.45) is 11.8 Å². The number of benzene rings is 1. The van der Waals surface area contributed by atoms with Gasteiger partial charge in [-0.05, 0) is 61.9 Å². The molecule has 7 heteroatoms. The first-order chi connectivity index (χ1) is 13.5. The van der Waals surface area contributed by atoms with E-state index >= 15 is 0 Å². The van der Waals surface area contributed by atoms with E-state index in [-0.39, 0.29) is 17.7 Å². The van der Waals surface area contributed by atoms with Gasteiger partial charge in [-0.1, -0.05) is 17.7 Å². The van der Waals surface area contributed by atoms with Crippen LogP contribution in [-0.4, -0.2) is 31.4 Å². The Bertz CT molecular complexity index is 894. The Morgan fingerprint density at radius 1 is 1.21 bits per heavy atom. The summed E-state index contributed by atoms with van der Waals surface area (Å²) in [7, 11) is 0. The van der Waals surface area contributed by atoms with E-state index in [1.54, 1.807) is 12.1 Å². The molecule has 1 aromatic carbocycles. The van der Waals surface area contributed by atoms with Crippen molar-refractivity contribution in [1.82, 2.24) is 5.32 Å². The SMILES string of the molecule is Cc1ccc(Cl)cc1N1CCC(CNC(=O)c2ccc(NC(=O)C3CC3)s2)C1. The fourth-order valence-electron chi connectivity index (χ4n) is 3.56. The third kappa shape index (κ3) is 4.50. The van der Waals surface area contributed by atoms with E-state index in [2.05, 4.69) is 22.5 Å². The monoisotopic (exact) mass is 417 g/mol. The molecular formula is C21H24ClN3O2S. The average Bonchev–Trinajstić information content (AvgIpc) is 3.25. The third-order valence-electron chi connectivity index (χ3n) is 5.37. The van der Waals surface area contributed by atoms with Crippen LogP contribution in [-0.2, 0) is 4.79 Å². The second-order valence-corrected chi connectivity index (χ2v) is 9.19. The summed E-state index contributed by atoms with van der Waals surface area (Å²) >= 11 is 7.48. The van der Waals surface area contributed by atoms with Crippen molar-refractivity contribution in [2.75, 3.05) is 29.9 Å². The van der Waals surface area contributed by atoms with Crippen LogP contribution in [0, 0.1) is 18.8 Å².